The summed E-state index contributed by atoms with van der Waals surface area (Å²) in [5.41, 5.74) is 10.0. The van der Waals surface area contributed by atoms with Gasteiger partial charge in [-0.15, -0.1) is 0 Å². The highest BCUT2D eigenvalue weighted by atomic mass is 127. The van der Waals surface area contributed by atoms with Gasteiger partial charge in [0.15, 0.2) is 11.5 Å². The highest BCUT2D eigenvalue weighted by molar-refractivity contribution is 14.1. The highest BCUT2D eigenvalue weighted by Gasteiger charge is 2.39. The first kappa shape index (κ1) is 62.7. The number of esters is 1. The largest absolute Gasteiger partial charge is 0.493 e. The molecule has 23 nitrogen and oxygen atoms in total. The van der Waals surface area contributed by atoms with Crippen molar-refractivity contribution in [3.05, 3.63) is 58.0 Å². The lowest BCUT2D eigenvalue weighted by molar-refractivity contribution is -0.155. The van der Waals surface area contributed by atoms with Crippen molar-refractivity contribution in [2.75, 3.05) is 87.6 Å². The van der Waals surface area contributed by atoms with Crippen LogP contribution in [0.15, 0.2) is 41.5 Å². The summed E-state index contributed by atoms with van der Waals surface area (Å²) in [6, 6.07) is 8.83. The first-order chi connectivity index (χ1) is 36.2. The van der Waals surface area contributed by atoms with Gasteiger partial charge < -0.3 is 64.1 Å². The van der Waals surface area contributed by atoms with Crippen LogP contribution in [-0.2, 0) is 49.4 Å². The summed E-state index contributed by atoms with van der Waals surface area (Å²) in [6.45, 7) is 14.8. The van der Waals surface area contributed by atoms with Gasteiger partial charge in [-0.3, -0.25) is 24.1 Å². The van der Waals surface area contributed by atoms with Crippen LogP contribution in [0.4, 0.5) is 21.0 Å². The Morgan fingerprint density at radius 2 is 1.58 bits per heavy atom. The maximum absolute atomic E-state index is 13.8. The van der Waals surface area contributed by atoms with E-state index in [4.69, 9.17) is 37.9 Å². The summed E-state index contributed by atoms with van der Waals surface area (Å²) < 4.78 is 45.8. The number of nitrogens with one attached hydrogen (secondary N) is 4. The smallest absolute Gasteiger partial charge is 0.414 e. The Kier molecular flexibility index (Phi) is 26.4. The molecule has 2 aliphatic rings. The van der Waals surface area contributed by atoms with E-state index in [2.05, 4.69) is 53.9 Å². The average Bonchev–Trinajstić information content (AvgIpc) is 3.78. The minimum Gasteiger partial charge on any atom is -0.493 e. The van der Waals surface area contributed by atoms with Crippen LogP contribution in [-0.4, -0.2) is 154 Å². The van der Waals surface area contributed by atoms with Crippen molar-refractivity contribution >= 4 is 69.8 Å². The lowest BCUT2D eigenvalue weighted by Gasteiger charge is -2.26. The van der Waals surface area contributed by atoms with E-state index < -0.39 is 59.4 Å². The molecule has 2 aliphatic heterocycles. The van der Waals surface area contributed by atoms with Crippen LogP contribution < -0.4 is 35.6 Å². The molecule has 1 fully saturated rings. The molecule has 2 aromatic carbocycles. The van der Waals surface area contributed by atoms with Gasteiger partial charge in [0.2, 0.25) is 11.8 Å². The second kappa shape index (κ2) is 32.0. The fourth-order valence-corrected chi connectivity index (χ4v) is 8.31. The van der Waals surface area contributed by atoms with E-state index in [0.29, 0.717) is 66.5 Å². The number of benzene rings is 2. The molecule has 4 atom stereocenters. The van der Waals surface area contributed by atoms with Gasteiger partial charge in [-0.1, -0.05) is 39.8 Å². The van der Waals surface area contributed by atoms with Crippen molar-refractivity contribution in [1.82, 2.24) is 20.9 Å². The molecule has 2 aromatic rings. The number of hydrogen-bond acceptors (Lipinski definition) is 16. The molecule has 422 valence electrons. The summed E-state index contributed by atoms with van der Waals surface area (Å²) in [4.78, 5) is 84.3. The third kappa shape index (κ3) is 22.8. The molecule has 0 unspecified atom stereocenters. The Bertz CT molecular complexity index is 2250. The number of carbonyl (C=O) groups is 6. The molecular weight excluding hydrogens is 1100 g/mol. The predicted molar refractivity (Wildman–Crippen MR) is 292 cm³/mol. The Labute approximate surface area is 459 Å². The number of halogens is 1. The average molecular weight is 1180 g/mol. The molecule has 0 bridgehead atoms. The van der Waals surface area contributed by atoms with Crippen LogP contribution in [0.2, 0.25) is 0 Å². The number of anilines is 2. The van der Waals surface area contributed by atoms with Gasteiger partial charge in [-0.25, -0.2) is 9.59 Å². The van der Waals surface area contributed by atoms with Crippen LogP contribution >= 0.6 is 22.6 Å². The number of hydrogen-bond donors (Lipinski definition) is 4. The Morgan fingerprint density at radius 3 is 2.25 bits per heavy atom. The van der Waals surface area contributed by atoms with E-state index in [1.807, 2.05) is 4.90 Å². The monoisotopic (exact) mass is 1180 g/mol. The standard InChI is InChI=1S/C52H78IN9O14/c1-35(29-46(64)75-51(2,3)4)56-47(65)40(14-9-10-21-55-49(67)76-52(5,6)7)58-45(63)19-24-70-25-26-71-27-28-72-34-44(59-60-54)57-37-17-15-36(16-18-37)33-74-50(68)62-32-38-13-11-22-61(38)48(66)39-30-42(69-8)43(31-41(39)62)73-23-12-20-53/h15-18,30-31,35,38,40,44,57H,9-14,19-29,32-34H2,1-8H3,(H,55,67)(H,56,65)(H,58,63)/t35-,38-,40-,44-/m0/s1. The zero-order valence-electron chi connectivity index (χ0n) is 45.2. The Balaban J connectivity index is 1.16. The summed E-state index contributed by atoms with van der Waals surface area (Å²) in [6.07, 6.45) is 1.80. The van der Waals surface area contributed by atoms with Gasteiger partial charge in [0.1, 0.15) is 30.0 Å². The topological polar surface area (TPSA) is 280 Å². The molecule has 5 amide bonds. The van der Waals surface area contributed by atoms with E-state index >= 15 is 0 Å². The maximum Gasteiger partial charge on any atom is 0.414 e. The molecule has 0 radical (unpaired) electrons. The number of nitrogens with zero attached hydrogens (tertiary/aromatic N) is 5. The van der Waals surface area contributed by atoms with Crippen LogP contribution in [0.5, 0.6) is 11.5 Å². The normalized spacial score (nSPS) is 15.4. The highest BCUT2D eigenvalue weighted by Crippen LogP contribution is 2.40. The van der Waals surface area contributed by atoms with E-state index in [9.17, 15) is 34.3 Å². The van der Waals surface area contributed by atoms with Crippen molar-refractivity contribution in [2.45, 2.75) is 142 Å². The number of alkyl carbamates (subject to hydrolysis) is 1. The summed E-state index contributed by atoms with van der Waals surface area (Å²) in [7, 11) is 1.52. The van der Waals surface area contributed by atoms with Gasteiger partial charge in [-0.05, 0) is 116 Å². The Morgan fingerprint density at radius 1 is 0.882 bits per heavy atom. The molecule has 4 N–H and O–H groups in total. The van der Waals surface area contributed by atoms with Gasteiger partial charge >= 0.3 is 18.2 Å². The second-order valence-corrected chi connectivity index (χ2v) is 21.3. The van der Waals surface area contributed by atoms with Crippen LogP contribution in [0, 0.1) is 0 Å². The fraction of sp³-hybridized carbons (Fsp3) is 0.654. The third-order valence-corrected chi connectivity index (χ3v) is 12.2. The van der Waals surface area contributed by atoms with E-state index in [-0.39, 0.29) is 84.0 Å². The lowest BCUT2D eigenvalue weighted by atomic mass is 10.1. The number of azide groups is 1. The number of unbranched alkanes of at least 4 members (excludes halogenated alkanes) is 1. The van der Waals surface area contributed by atoms with Gasteiger partial charge in [0.05, 0.1) is 77.1 Å². The lowest BCUT2D eigenvalue weighted by Crippen LogP contribution is -2.49. The minimum absolute atomic E-state index is 0.0187. The summed E-state index contributed by atoms with van der Waals surface area (Å²) >= 11 is 2.28. The maximum atomic E-state index is 13.8. The number of amides is 5. The van der Waals surface area contributed by atoms with Crippen LogP contribution in [0.25, 0.3) is 10.4 Å². The quantitative estimate of drug-likeness (QED) is 0.00828. The molecule has 1 saturated heterocycles. The number of methoxy groups -OCH3 is 1. The molecule has 76 heavy (non-hydrogen) atoms. The van der Waals surface area contributed by atoms with Crippen molar-refractivity contribution in [1.29, 1.82) is 0 Å². The SMILES string of the molecule is COc1cc2c(cc1OCCCI)N(C(=O)OCc1ccc(N[C@H](COCCOCCOCCC(=O)N[C@@H](CCCCNC(=O)OC(C)(C)C)C(=O)N[C@@H](C)CC(=O)OC(C)(C)C)N=[N+]=[N-])cc1)C[C@@H]1CCCN1C2=O. The number of fused-ring (bicyclic) bond motifs is 2. The first-order valence-electron chi connectivity index (χ1n) is 25.8. The molecule has 2 heterocycles. The van der Waals surface area contributed by atoms with Crippen LogP contribution in [0.1, 0.15) is 116 Å². The number of alkyl halides is 1. The minimum atomic E-state index is -0.891. The van der Waals surface area contributed by atoms with Gasteiger partial charge in [0, 0.05) is 53.2 Å². The van der Waals surface area contributed by atoms with Crippen molar-refractivity contribution in [3.63, 3.8) is 0 Å². The van der Waals surface area contributed by atoms with Crippen molar-refractivity contribution in [3.8, 4) is 11.5 Å². The zero-order valence-corrected chi connectivity index (χ0v) is 47.4. The Hall–Kier alpha value is -5.82. The molecule has 0 aromatic heterocycles. The number of ether oxygens (including phenoxy) is 8. The molecule has 0 spiro atoms. The van der Waals surface area contributed by atoms with Gasteiger partial charge in [-0.2, -0.15) is 0 Å². The summed E-state index contributed by atoms with van der Waals surface area (Å²) in [5.74, 6) is -0.609. The van der Waals surface area contributed by atoms with Crippen molar-refractivity contribution < 1.29 is 66.7 Å². The second-order valence-electron chi connectivity index (χ2n) is 20.2. The number of carbonyl (C=O) groups excluding carboxylic acids is 6. The molecule has 24 heteroatoms. The predicted octanol–water partition coefficient (Wildman–Crippen LogP) is 7.57. The van der Waals surface area contributed by atoms with Crippen LogP contribution in [0.3, 0.4) is 0 Å². The molecular formula is C52H78IN9O14. The van der Waals surface area contributed by atoms with Gasteiger partial charge in [0.25, 0.3) is 5.91 Å². The fourth-order valence-electron chi connectivity index (χ4n) is 8.00. The summed E-state index contributed by atoms with van der Waals surface area (Å²) in [5, 5.41) is 15.2. The molecule has 0 saturated carbocycles. The molecule has 0 aliphatic carbocycles. The third-order valence-electron chi connectivity index (χ3n) is 11.4. The van der Waals surface area contributed by atoms with E-state index in [1.54, 1.807) is 84.9 Å². The van der Waals surface area contributed by atoms with E-state index in [0.717, 1.165) is 23.7 Å². The van der Waals surface area contributed by atoms with Crippen molar-refractivity contribution in [2.24, 2.45) is 5.11 Å². The van der Waals surface area contributed by atoms with E-state index in [1.165, 1.54) is 12.0 Å². The molecule has 4 rings (SSSR count). The first-order valence-corrected chi connectivity index (χ1v) is 27.3. The number of rotatable bonds is 31. The zero-order chi connectivity index (χ0) is 55.7.